The summed E-state index contributed by atoms with van der Waals surface area (Å²) in [5.41, 5.74) is 3.06. The van der Waals surface area contributed by atoms with Gasteiger partial charge in [-0.3, -0.25) is 9.69 Å². The molecule has 2 aromatic rings. The Labute approximate surface area is 162 Å². The van der Waals surface area contributed by atoms with Crippen molar-refractivity contribution < 1.29 is 18.7 Å². The van der Waals surface area contributed by atoms with Crippen LogP contribution in [0.1, 0.15) is 11.1 Å². The highest BCUT2D eigenvalue weighted by atomic mass is 19.1. The molecular weight excluding hydrogens is 361 g/mol. The molecule has 1 N–H and O–H groups in total. The number of fused-ring (bicyclic) bond motifs is 1. The summed E-state index contributed by atoms with van der Waals surface area (Å²) in [6.07, 6.45) is 0.695. The molecule has 7 heteroatoms. The predicted octanol–water partition coefficient (Wildman–Crippen LogP) is 2.33. The van der Waals surface area contributed by atoms with E-state index in [-0.39, 0.29) is 30.4 Å². The van der Waals surface area contributed by atoms with E-state index in [2.05, 4.69) is 17.4 Å². The SMILES string of the molecule is O=C(CN1CCN(c2ccc(F)cc2)C1=O)NCC1Cc2ccccc2CO1. The van der Waals surface area contributed by atoms with Crippen LogP contribution in [0.3, 0.4) is 0 Å². The molecule has 28 heavy (non-hydrogen) atoms. The normalized spacial score (nSPS) is 18.9. The molecule has 0 radical (unpaired) electrons. The van der Waals surface area contributed by atoms with Crippen molar-refractivity contribution in [3.05, 3.63) is 65.5 Å². The number of hydrogen-bond donors (Lipinski definition) is 1. The van der Waals surface area contributed by atoms with Gasteiger partial charge in [-0.05, 0) is 35.4 Å². The molecule has 4 rings (SSSR count). The second-order valence-corrected chi connectivity index (χ2v) is 7.04. The summed E-state index contributed by atoms with van der Waals surface area (Å²) < 4.78 is 18.9. The Hall–Kier alpha value is -2.93. The lowest BCUT2D eigenvalue weighted by atomic mass is 9.99. The van der Waals surface area contributed by atoms with Crippen molar-refractivity contribution in [3.63, 3.8) is 0 Å². The van der Waals surface area contributed by atoms with Gasteiger partial charge < -0.3 is 15.0 Å². The van der Waals surface area contributed by atoms with Crippen molar-refractivity contribution in [1.29, 1.82) is 0 Å². The smallest absolute Gasteiger partial charge is 0.325 e. The Kier molecular flexibility index (Phi) is 5.25. The average molecular weight is 383 g/mol. The molecule has 6 nitrogen and oxygen atoms in total. The van der Waals surface area contributed by atoms with Crippen LogP contribution in [-0.4, -0.2) is 49.1 Å². The van der Waals surface area contributed by atoms with Crippen LogP contribution in [0.25, 0.3) is 0 Å². The van der Waals surface area contributed by atoms with Crippen molar-refractivity contribution in [2.45, 2.75) is 19.1 Å². The molecule has 0 spiro atoms. The number of rotatable bonds is 5. The lowest BCUT2D eigenvalue weighted by molar-refractivity contribution is -0.122. The molecule has 2 aromatic carbocycles. The number of amides is 3. The van der Waals surface area contributed by atoms with Crippen LogP contribution < -0.4 is 10.2 Å². The monoisotopic (exact) mass is 383 g/mol. The van der Waals surface area contributed by atoms with Gasteiger partial charge in [-0.1, -0.05) is 24.3 Å². The average Bonchev–Trinajstić information content (AvgIpc) is 3.07. The molecule has 1 unspecified atom stereocenters. The Bertz CT molecular complexity index is 871. The zero-order valence-electron chi connectivity index (χ0n) is 15.4. The molecule has 0 bridgehead atoms. The molecule has 1 fully saturated rings. The van der Waals surface area contributed by atoms with Gasteiger partial charge in [0.25, 0.3) is 0 Å². The molecule has 3 amide bonds. The van der Waals surface area contributed by atoms with E-state index >= 15 is 0 Å². The highest BCUT2D eigenvalue weighted by molar-refractivity contribution is 5.96. The number of benzene rings is 2. The number of halogens is 1. The zero-order valence-corrected chi connectivity index (χ0v) is 15.4. The second-order valence-electron chi connectivity index (χ2n) is 7.04. The van der Waals surface area contributed by atoms with Crippen LogP contribution in [0.4, 0.5) is 14.9 Å². The molecule has 2 heterocycles. The topological polar surface area (TPSA) is 61.9 Å². The Morgan fingerprint density at radius 1 is 1.11 bits per heavy atom. The number of carbonyl (C=O) groups is 2. The van der Waals surface area contributed by atoms with Crippen LogP contribution in [-0.2, 0) is 22.6 Å². The molecule has 2 aliphatic rings. The molecule has 0 aliphatic carbocycles. The fourth-order valence-electron chi connectivity index (χ4n) is 3.59. The van der Waals surface area contributed by atoms with Crippen molar-refractivity contribution in [3.8, 4) is 0 Å². The van der Waals surface area contributed by atoms with Gasteiger partial charge in [0.15, 0.2) is 0 Å². The number of urea groups is 1. The Morgan fingerprint density at radius 2 is 1.86 bits per heavy atom. The maximum Gasteiger partial charge on any atom is 0.325 e. The minimum Gasteiger partial charge on any atom is -0.371 e. The summed E-state index contributed by atoms with van der Waals surface area (Å²) in [4.78, 5) is 27.9. The van der Waals surface area contributed by atoms with E-state index in [0.717, 1.165) is 6.42 Å². The van der Waals surface area contributed by atoms with Crippen LogP contribution in [0.2, 0.25) is 0 Å². The van der Waals surface area contributed by atoms with Gasteiger partial charge in [-0.25, -0.2) is 9.18 Å². The van der Waals surface area contributed by atoms with Gasteiger partial charge in [0, 0.05) is 31.7 Å². The summed E-state index contributed by atoms with van der Waals surface area (Å²) in [6, 6.07) is 13.7. The third kappa shape index (κ3) is 3.99. The van der Waals surface area contributed by atoms with Gasteiger partial charge in [-0.2, -0.15) is 0 Å². The van der Waals surface area contributed by atoms with E-state index in [1.807, 2.05) is 12.1 Å². The molecular formula is C21H22FN3O3. The summed E-state index contributed by atoms with van der Waals surface area (Å²) >= 11 is 0. The van der Waals surface area contributed by atoms with Crippen molar-refractivity contribution in [2.24, 2.45) is 0 Å². The lowest BCUT2D eigenvalue weighted by Crippen LogP contribution is -2.43. The number of hydrogen-bond acceptors (Lipinski definition) is 3. The van der Waals surface area contributed by atoms with E-state index < -0.39 is 0 Å². The maximum absolute atomic E-state index is 13.1. The molecule has 1 atom stereocenters. The highest BCUT2D eigenvalue weighted by Gasteiger charge is 2.31. The fraction of sp³-hybridized carbons (Fsp3) is 0.333. The standard InChI is InChI=1S/C21H22FN3O3/c22-17-5-7-18(8-6-17)25-10-9-24(21(25)27)13-20(26)23-12-19-11-15-3-1-2-4-16(15)14-28-19/h1-8,19H,9-14H2,(H,23,26). The Balaban J connectivity index is 1.26. The summed E-state index contributed by atoms with van der Waals surface area (Å²) in [6.45, 7) is 1.89. The first-order valence-electron chi connectivity index (χ1n) is 9.37. The van der Waals surface area contributed by atoms with Crippen molar-refractivity contribution >= 4 is 17.6 Å². The van der Waals surface area contributed by atoms with Crippen LogP contribution in [0.5, 0.6) is 0 Å². The van der Waals surface area contributed by atoms with Gasteiger partial charge in [-0.15, -0.1) is 0 Å². The minimum atomic E-state index is -0.348. The predicted molar refractivity (Wildman–Crippen MR) is 102 cm³/mol. The fourth-order valence-corrected chi connectivity index (χ4v) is 3.59. The zero-order chi connectivity index (χ0) is 19.5. The number of carbonyl (C=O) groups excluding carboxylic acids is 2. The summed E-state index contributed by atoms with van der Waals surface area (Å²) in [7, 11) is 0. The number of ether oxygens (including phenoxy) is 1. The van der Waals surface area contributed by atoms with Crippen LogP contribution >= 0.6 is 0 Å². The summed E-state index contributed by atoms with van der Waals surface area (Å²) in [5.74, 6) is -0.559. The third-order valence-corrected chi connectivity index (χ3v) is 5.14. The largest absolute Gasteiger partial charge is 0.371 e. The van der Waals surface area contributed by atoms with E-state index in [9.17, 15) is 14.0 Å². The number of anilines is 1. The Morgan fingerprint density at radius 3 is 2.64 bits per heavy atom. The first-order chi connectivity index (χ1) is 13.6. The quantitative estimate of drug-likeness (QED) is 0.862. The minimum absolute atomic E-state index is 0.000164. The van der Waals surface area contributed by atoms with Crippen molar-refractivity contribution in [2.75, 3.05) is 31.1 Å². The van der Waals surface area contributed by atoms with E-state index in [4.69, 9.17) is 4.74 Å². The van der Waals surface area contributed by atoms with Gasteiger partial charge in [0.2, 0.25) is 5.91 Å². The maximum atomic E-state index is 13.1. The van der Waals surface area contributed by atoms with E-state index in [1.165, 1.54) is 28.2 Å². The molecule has 146 valence electrons. The van der Waals surface area contributed by atoms with Gasteiger partial charge in [0.05, 0.1) is 12.7 Å². The first kappa shape index (κ1) is 18.4. The molecule has 0 saturated carbocycles. The highest BCUT2D eigenvalue weighted by Crippen LogP contribution is 2.21. The molecule has 2 aliphatic heterocycles. The van der Waals surface area contributed by atoms with Crippen LogP contribution in [0, 0.1) is 5.82 Å². The first-order valence-corrected chi connectivity index (χ1v) is 9.37. The van der Waals surface area contributed by atoms with Gasteiger partial charge >= 0.3 is 6.03 Å². The summed E-state index contributed by atoms with van der Waals surface area (Å²) in [5, 5.41) is 2.87. The van der Waals surface area contributed by atoms with Crippen LogP contribution in [0.15, 0.2) is 48.5 Å². The number of nitrogens with one attached hydrogen (secondary N) is 1. The van der Waals surface area contributed by atoms with Gasteiger partial charge in [0.1, 0.15) is 12.4 Å². The van der Waals surface area contributed by atoms with E-state index in [1.54, 1.807) is 17.0 Å². The second kappa shape index (κ2) is 7.98. The van der Waals surface area contributed by atoms with Crippen molar-refractivity contribution in [1.82, 2.24) is 10.2 Å². The third-order valence-electron chi connectivity index (χ3n) is 5.14. The number of nitrogens with zero attached hydrogens (tertiary/aromatic N) is 2. The van der Waals surface area contributed by atoms with E-state index in [0.29, 0.717) is 31.9 Å². The molecule has 0 aromatic heterocycles. The lowest BCUT2D eigenvalue weighted by Gasteiger charge is -2.26. The molecule has 1 saturated heterocycles.